The number of para-hydroxylation sites is 2. The molecular formula is C24H24N4O4. The van der Waals surface area contributed by atoms with Gasteiger partial charge in [-0.1, -0.05) is 26.0 Å². The van der Waals surface area contributed by atoms with Crippen LogP contribution in [0.15, 0.2) is 39.8 Å². The van der Waals surface area contributed by atoms with Crippen molar-refractivity contribution in [2.24, 2.45) is 0 Å². The summed E-state index contributed by atoms with van der Waals surface area (Å²) in [5, 5.41) is 3.60. The zero-order valence-corrected chi connectivity index (χ0v) is 18.3. The summed E-state index contributed by atoms with van der Waals surface area (Å²) in [6.45, 7) is 4.03. The van der Waals surface area contributed by atoms with Crippen molar-refractivity contribution in [3.8, 4) is 5.75 Å². The molecular weight excluding hydrogens is 408 g/mol. The van der Waals surface area contributed by atoms with Gasteiger partial charge in [0.1, 0.15) is 17.8 Å². The minimum absolute atomic E-state index is 0.134. The third-order valence-electron chi connectivity index (χ3n) is 5.94. The fourth-order valence-corrected chi connectivity index (χ4v) is 4.50. The molecule has 0 radical (unpaired) electrons. The highest BCUT2D eigenvalue weighted by Gasteiger charge is 2.26. The molecule has 5 rings (SSSR count). The quantitative estimate of drug-likeness (QED) is 0.515. The van der Waals surface area contributed by atoms with Crippen molar-refractivity contribution >= 4 is 33.8 Å². The summed E-state index contributed by atoms with van der Waals surface area (Å²) in [4.78, 5) is 35.0. The lowest BCUT2D eigenvalue weighted by Gasteiger charge is -2.11. The lowest BCUT2D eigenvalue weighted by molar-refractivity contribution is -0.116. The molecule has 0 aliphatic heterocycles. The predicted molar refractivity (Wildman–Crippen MR) is 121 cm³/mol. The van der Waals surface area contributed by atoms with Crippen molar-refractivity contribution in [1.29, 1.82) is 0 Å². The van der Waals surface area contributed by atoms with Gasteiger partial charge in [0, 0.05) is 0 Å². The number of nitrogens with one attached hydrogen (secondary N) is 1. The van der Waals surface area contributed by atoms with Gasteiger partial charge in [-0.3, -0.25) is 14.2 Å². The van der Waals surface area contributed by atoms with Gasteiger partial charge in [-0.15, -0.1) is 0 Å². The van der Waals surface area contributed by atoms with E-state index in [0.29, 0.717) is 22.7 Å². The van der Waals surface area contributed by atoms with Gasteiger partial charge >= 0.3 is 0 Å². The Hall–Kier alpha value is -3.68. The topological polar surface area (TPSA) is 99.2 Å². The highest BCUT2D eigenvalue weighted by Crippen LogP contribution is 2.37. The molecule has 0 spiro atoms. The van der Waals surface area contributed by atoms with Crippen LogP contribution in [0.4, 0.5) is 5.69 Å². The number of aryl methyl sites for hydroxylation is 1. The number of furan rings is 1. The predicted octanol–water partition coefficient (Wildman–Crippen LogP) is 3.80. The molecule has 32 heavy (non-hydrogen) atoms. The summed E-state index contributed by atoms with van der Waals surface area (Å²) in [5.41, 5.74) is 4.72. The third kappa shape index (κ3) is 3.23. The Balaban J connectivity index is 1.54. The number of hydrogen-bond donors (Lipinski definition) is 1. The summed E-state index contributed by atoms with van der Waals surface area (Å²) in [7, 11) is 1.53. The normalized spacial score (nSPS) is 13.1. The highest BCUT2D eigenvalue weighted by atomic mass is 16.5. The molecule has 1 amide bonds. The number of fused-ring (bicyclic) bond motifs is 5. The Kier molecular flexibility index (Phi) is 4.92. The highest BCUT2D eigenvalue weighted by molar-refractivity contribution is 6.03. The number of hydrogen-bond acceptors (Lipinski definition) is 6. The molecule has 8 nitrogen and oxygen atoms in total. The number of ether oxygens (including phenoxy) is 1. The molecule has 1 N–H and O–H groups in total. The molecule has 0 saturated carbocycles. The Bertz CT molecular complexity index is 1420. The minimum Gasteiger partial charge on any atom is -0.495 e. The second-order valence-electron chi connectivity index (χ2n) is 8.35. The van der Waals surface area contributed by atoms with Crippen LogP contribution in [0.5, 0.6) is 5.75 Å². The number of rotatable bonds is 5. The smallest absolute Gasteiger partial charge is 0.297 e. The van der Waals surface area contributed by atoms with Crippen molar-refractivity contribution in [1.82, 2.24) is 14.5 Å². The van der Waals surface area contributed by atoms with Crippen molar-refractivity contribution < 1.29 is 13.9 Å². The first kappa shape index (κ1) is 20.2. The number of benzene rings is 1. The Morgan fingerprint density at radius 1 is 1.25 bits per heavy atom. The first-order chi connectivity index (χ1) is 15.5. The summed E-state index contributed by atoms with van der Waals surface area (Å²) in [6.07, 6.45) is 4.37. The van der Waals surface area contributed by atoms with Crippen LogP contribution in [0.2, 0.25) is 0 Å². The zero-order valence-electron chi connectivity index (χ0n) is 18.3. The number of aromatic nitrogens is 3. The van der Waals surface area contributed by atoms with E-state index in [1.165, 1.54) is 29.1 Å². The van der Waals surface area contributed by atoms with Crippen LogP contribution in [0.25, 0.3) is 22.2 Å². The van der Waals surface area contributed by atoms with E-state index in [1.807, 2.05) is 6.07 Å². The second-order valence-corrected chi connectivity index (χ2v) is 8.35. The molecule has 3 aromatic heterocycles. The van der Waals surface area contributed by atoms with Crippen LogP contribution in [-0.4, -0.2) is 27.6 Å². The summed E-state index contributed by atoms with van der Waals surface area (Å²) >= 11 is 0. The Morgan fingerprint density at radius 2 is 2.03 bits per heavy atom. The van der Waals surface area contributed by atoms with E-state index in [0.717, 1.165) is 30.3 Å². The van der Waals surface area contributed by atoms with E-state index in [2.05, 4.69) is 24.1 Å². The van der Waals surface area contributed by atoms with Crippen LogP contribution < -0.4 is 15.6 Å². The van der Waals surface area contributed by atoms with Crippen LogP contribution in [0.3, 0.4) is 0 Å². The number of anilines is 1. The maximum atomic E-state index is 13.1. The number of amides is 1. The lowest BCUT2D eigenvalue weighted by atomic mass is 9.99. The van der Waals surface area contributed by atoms with E-state index < -0.39 is 5.56 Å². The number of pyridine rings is 1. The lowest BCUT2D eigenvalue weighted by Crippen LogP contribution is -2.27. The number of carbonyl (C=O) groups excluding carboxylic acids is 1. The largest absolute Gasteiger partial charge is 0.495 e. The number of nitrogens with zero attached hydrogens (tertiary/aromatic N) is 3. The van der Waals surface area contributed by atoms with Crippen LogP contribution in [0.1, 0.15) is 43.0 Å². The van der Waals surface area contributed by atoms with E-state index in [1.54, 1.807) is 18.2 Å². The van der Waals surface area contributed by atoms with Crippen LogP contribution in [0, 0.1) is 0 Å². The van der Waals surface area contributed by atoms with Gasteiger partial charge < -0.3 is 14.5 Å². The maximum absolute atomic E-state index is 13.1. The van der Waals surface area contributed by atoms with Crippen LogP contribution >= 0.6 is 0 Å². The third-order valence-corrected chi connectivity index (χ3v) is 5.94. The monoisotopic (exact) mass is 432 g/mol. The fourth-order valence-electron chi connectivity index (χ4n) is 4.50. The van der Waals surface area contributed by atoms with E-state index in [4.69, 9.17) is 14.1 Å². The van der Waals surface area contributed by atoms with Gasteiger partial charge in [0.15, 0.2) is 0 Å². The summed E-state index contributed by atoms with van der Waals surface area (Å²) < 4.78 is 12.4. The number of methoxy groups -OCH3 is 1. The van der Waals surface area contributed by atoms with E-state index >= 15 is 0 Å². The molecule has 0 saturated heterocycles. The molecule has 1 aliphatic carbocycles. The van der Waals surface area contributed by atoms with Gasteiger partial charge in [-0.2, -0.15) is 0 Å². The molecule has 1 aliphatic rings. The molecule has 1 aromatic carbocycles. The SMILES string of the molecule is COc1ccccc1NC(=O)Cn1cnc2c(oc3nc(C(C)C)c4c(c32)CCC4)c1=O. The molecule has 4 aromatic rings. The molecule has 0 unspecified atom stereocenters. The first-order valence-corrected chi connectivity index (χ1v) is 10.7. The standard InChI is InChI=1S/C24H24N4O4/c1-13(2)20-15-8-6-7-14(15)19-21-22(32-23(19)27-20)24(30)28(12-25-21)11-18(29)26-16-9-4-5-10-17(16)31-3/h4-5,9-10,12-13H,6-8,11H2,1-3H3,(H,26,29). The molecule has 164 valence electrons. The van der Waals surface area contributed by atoms with Crippen LogP contribution in [-0.2, 0) is 24.2 Å². The first-order valence-electron chi connectivity index (χ1n) is 10.7. The molecule has 0 atom stereocenters. The molecule has 0 bridgehead atoms. The van der Waals surface area contributed by atoms with Gasteiger partial charge in [0.25, 0.3) is 5.56 Å². The minimum atomic E-state index is -0.402. The molecule has 3 heterocycles. The summed E-state index contributed by atoms with van der Waals surface area (Å²) in [5.74, 6) is 0.442. The van der Waals surface area contributed by atoms with Gasteiger partial charge in [0.2, 0.25) is 17.2 Å². The molecule has 0 fully saturated rings. The maximum Gasteiger partial charge on any atom is 0.297 e. The van der Waals surface area contributed by atoms with Crippen molar-refractivity contribution in [2.45, 2.75) is 45.6 Å². The van der Waals surface area contributed by atoms with Gasteiger partial charge in [-0.05, 0) is 48.4 Å². The number of carbonyl (C=O) groups is 1. The van der Waals surface area contributed by atoms with Gasteiger partial charge in [0.05, 0.1) is 30.2 Å². The van der Waals surface area contributed by atoms with E-state index in [-0.39, 0.29) is 24.0 Å². The average molecular weight is 432 g/mol. The Morgan fingerprint density at radius 3 is 2.81 bits per heavy atom. The fraction of sp³-hybridized carbons (Fsp3) is 0.333. The van der Waals surface area contributed by atoms with Gasteiger partial charge in [-0.25, -0.2) is 9.97 Å². The van der Waals surface area contributed by atoms with Crippen molar-refractivity contribution in [3.05, 3.63) is 57.8 Å². The van der Waals surface area contributed by atoms with E-state index in [9.17, 15) is 9.59 Å². The Labute approximate surface area is 184 Å². The summed E-state index contributed by atoms with van der Waals surface area (Å²) in [6, 6.07) is 7.09. The van der Waals surface area contributed by atoms with Crippen molar-refractivity contribution in [3.63, 3.8) is 0 Å². The second kappa shape index (κ2) is 7.78. The zero-order chi connectivity index (χ0) is 22.4. The molecule has 8 heteroatoms. The van der Waals surface area contributed by atoms with Crippen molar-refractivity contribution in [2.75, 3.05) is 12.4 Å². The average Bonchev–Trinajstić information content (AvgIpc) is 3.40.